The van der Waals surface area contributed by atoms with Gasteiger partial charge in [0.15, 0.2) is 0 Å². The molecular formula is C13H12ClNO2. The highest BCUT2D eigenvalue weighted by molar-refractivity contribution is 6.31. The number of rotatable bonds is 3. The smallest absolute Gasteiger partial charge is 0.255 e. The number of carbonyl (C=O) groups is 1. The monoisotopic (exact) mass is 249 g/mol. The van der Waals surface area contributed by atoms with Gasteiger partial charge in [-0.2, -0.15) is 0 Å². The molecule has 0 atom stereocenters. The number of hydrogen-bond donors (Lipinski definition) is 1. The van der Waals surface area contributed by atoms with Crippen molar-refractivity contribution in [1.82, 2.24) is 5.32 Å². The Hall–Kier alpha value is -1.74. The van der Waals surface area contributed by atoms with Crippen LogP contribution in [0.2, 0.25) is 5.02 Å². The van der Waals surface area contributed by atoms with E-state index in [0.29, 0.717) is 22.9 Å². The van der Waals surface area contributed by atoms with E-state index in [1.807, 2.05) is 18.2 Å². The first-order valence-corrected chi connectivity index (χ1v) is 5.62. The number of aryl methyl sites for hydroxylation is 1. The van der Waals surface area contributed by atoms with Gasteiger partial charge in [0.25, 0.3) is 5.91 Å². The molecular weight excluding hydrogens is 238 g/mol. The van der Waals surface area contributed by atoms with Gasteiger partial charge in [-0.15, -0.1) is 0 Å². The average Bonchev–Trinajstić information content (AvgIpc) is 2.74. The lowest BCUT2D eigenvalue weighted by Crippen LogP contribution is -2.23. The Morgan fingerprint density at radius 2 is 2.12 bits per heavy atom. The molecule has 0 saturated carbocycles. The highest BCUT2D eigenvalue weighted by Gasteiger charge is 2.11. The molecule has 1 aromatic carbocycles. The Balaban J connectivity index is 2.02. The molecule has 3 nitrogen and oxygen atoms in total. The van der Waals surface area contributed by atoms with E-state index in [4.69, 9.17) is 16.0 Å². The van der Waals surface area contributed by atoms with Crippen molar-refractivity contribution in [3.63, 3.8) is 0 Å². The van der Waals surface area contributed by atoms with Crippen LogP contribution in [0.1, 0.15) is 21.7 Å². The van der Waals surface area contributed by atoms with E-state index in [1.165, 1.54) is 6.26 Å². The minimum atomic E-state index is -0.156. The Morgan fingerprint density at radius 1 is 1.35 bits per heavy atom. The van der Waals surface area contributed by atoms with Crippen molar-refractivity contribution in [1.29, 1.82) is 0 Å². The van der Waals surface area contributed by atoms with Gasteiger partial charge in [-0.05, 0) is 24.6 Å². The second kappa shape index (κ2) is 5.06. The molecule has 88 valence electrons. The lowest BCUT2D eigenvalue weighted by Gasteiger charge is -2.06. The lowest BCUT2D eigenvalue weighted by atomic mass is 10.2. The Labute approximate surface area is 104 Å². The molecule has 0 saturated heterocycles. The molecule has 2 aromatic rings. The van der Waals surface area contributed by atoms with Gasteiger partial charge in [-0.25, -0.2) is 0 Å². The SMILES string of the molecule is Cc1occc1C(=O)NCc1ccccc1Cl. The zero-order chi connectivity index (χ0) is 12.3. The molecule has 1 amide bonds. The van der Waals surface area contributed by atoms with Crippen LogP contribution in [0.4, 0.5) is 0 Å². The maximum Gasteiger partial charge on any atom is 0.255 e. The minimum Gasteiger partial charge on any atom is -0.469 e. The maximum absolute atomic E-state index is 11.8. The summed E-state index contributed by atoms with van der Waals surface area (Å²) in [5.41, 5.74) is 1.45. The highest BCUT2D eigenvalue weighted by atomic mass is 35.5. The second-order valence-corrected chi connectivity index (χ2v) is 4.07. The van der Waals surface area contributed by atoms with Crippen molar-refractivity contribution in [2.24, 2.45) is 0 Å². The molecule has 0 bridgehead atoms. The van der Waals surface area contributed by atoms with E-state index in [2.05, 4.69) is 5.32 Å². The molecule has 1 N–H and O–H groups in total. The molecule has 4 heteroatoms. The second-order valence-electron chi connectivity index (χ2n) is 3.66. The first-order chi connectivity index (χ1) is 8.18. The first kappa shape index (κ1) is 11.7. The van der Waals surface area contributed by atoms with Crippen molar-refractivity contribution in [3.05, 3.63) is 58.5 Å². The fourth-order valence-electron chi connectivity index (χ4n) is 1.53. The van der Waals surface area contributed by atoms with Crippen molar-refractivity contribution < 1.29 is 9.21 Å². The van der Waals surface area contributed by atoms with Gasteiger partial charge in [-0.1, -0.05) is 29.8 Å². The Bertz CT molecular complexity index is 534. The summed E-state index contributed by atoms with van der Waals surface area (Å²) >= 11 is 5.99. The molecule has 0 unspecified atom stereocenters. The lowest BCUT2D eigenvalue weighted by molar-refractivity contribution is 0.0949. The zero-order valence-electron chi connectivity index (χ0n) is 9.37. The van der Waals surface area contributed by atoms with Gasteiger partial charge < -0.3 is 9.73 Å². The number of amides is 1. The van der Waals surface area contributed by atoms with Gasteiger partial charge in [0, 0.05) is 11.6 Å². The summed E-state index contributed by atoms with van der Waals surface area (Å²) in [6.45, 7) is 2.16. The van der Waals surface area contributed by atoms with E-state index in [0.717, 1.165) is 5.56 Å². The topological polar surface area (TPSA) is 42.2 Å². The first-order valence-electron chi connectivity index (χ1n) is 5.24. The Kier molecular flexibility index (Phi) is 3.49. The van der Waals surface area contributed by atoms with E-state index >= 15 is 0 Å². The summed E-state index contributed by atoms with van der Waals surface area (Å²) in [6, 6.07) is 9.07. The van der Waals surface area contributed by atoms with Crippen LogP contribution in [0, 0.1) is 6.92 Å². The van der Waals surface area contributed by atoms with E-state index in [1.54, 1.807) is 19.1 Å². The maximum atomic E-state index is 11.8. The van der Waals surface area contributed by atoms with Crippen LogP contribution in [0.25, 0.3) is 0 Å². The third-order valence-corrected chi connectivity index (χ3v) is 2.87. The average molecular weight is 250 g/mol. The fraction of sp³-hybridized carbons (Fsp3) is 0.154. The standard InChI is InChI=1S/C13H12ClNO2/c1-9-11(6-7-17-9)13(16)15-8-10-4-2-3-5-12(10)14/h2-7H,8H2,1H3,(H,15,16). The van der Waals surface area contributed by atoms with Crippen LogP contribution >= 0.6 is 11.6 Å². The molecule has 0 radical (unpaired) electrons. The summed E-state index contributed by atoms with van der Waals surface area (Å²) in [5.74, 6) is 0.456. The van der Waals surface area contributed by atoms with Crippen LogP contribution in [0.5, 0.6) is 0 Å². The van der Waals surface area contributed by atoms with E-state index in [-0.39, 0.29) is 5.91 Å². The van der Waals surface area contributed by atoms with Crippen LogP contribution in [-0.2, 0) is 6.54 Å². The minimum absolute atomic E-state index is 0.156. The third-order valence-electron chi connectivity index (χ3n) is 2.50. The number of halogens is 1. The normalized spacial score (nSPS) is 10.2. The summed E-state index contributed by atoms with van der Waals surface area (Å²) in [6.07, 6.45) is 1.50. The molecule has 2 rings (SSSR count). The summed E-state index contributed by atoms with van der Waals surface area (Å²) in [4.78, 5) is 11.8. The van der Waals surface area contributed by atoms with Crippen LogP contribution < -0.4 is 5.32 Å². The number of nitrogens with one attached hydrogen (secondary N) is 1. The number of hydrogen-bond acceptors (Lipinski definition) is 2. The quantitative estimate of drug-likeness (QED) is 0.908. The predicted octanol–water partition coefficient (Wildman–Crippen LogP) is 3.17. The van der Waals surface area contributed by atoms with Crippen LogP contribution in [0.3, 0.4) is 0 Å². The largest absolute Gasteiger partial charge is 0.469 e. The third kappa shape index (κ3) is 2.68. The predicted molar refractivity (Wildman–Crippen MR) is 66.1 cm³/mol. The molecule has 0 spiro atoms. The van der Waals surface area contributed by atoms with Crippen molar-refractivity contribution in [3.8, 4) is 0 Å². The Morgan fingerprint density at radius 3 is 2.76 bits per heavy atom. The van der Waals surface area contributed by atoms with Gasteiger partial charge >= 0.3 is 0 Å². The molecule has 0 aliphatic rings. The van der Waals surface area contributed by atoms with Gasteiger partial charge in [0.2, 0.25) is 0 Å². The van der Waals surface area contributed by atoms with Gasteiger partial charge in [-0.3, -0.25) is 4.79 Å². The summed E-state index contributed by atoms with van der Waals surface area (Å²) in [7, 11) is 0. The van der Waals surface area contributed by atoms with Crippen LogP contribution in [0.15, 0.2) is 41.0 Å². The van der Waals surface area contributed by atoms with Crippen LogP contribution in [-0.4, -0.2) is 5.91 Å². The van der Waals surface area contributed by atoms with Crippen molar-refractivity contribution in [2.75, 3.05) is 0 Å². The molecule has 17 heavy (non-hydrogen) atoms. The van der Waals surface area contributed by atoms with Crippen molar-refractivity contribution in [2.45, 2.75) is 13.5 Å². The molecule has 1 aromatic heterocycles. The number of carbonyl (C=O) groups excluding carboxylic acids is 1. The fourth-order valence-corrected chi connectivity index (χ4v) is 1.74. The molecule has 0 aliphatic heterocycles. The molecule has 1 heterocycles. The highest BCUT2D eigenvalue weighted by Crippen LogP contribution is 2.15. The van der Waals surface area contributed by atoms with Crippen molar-refractivity contribution >= 4 is 17.5 Å². The molecule has 0 fully saturated rings. The van der Waals surface area contributed by atoms with Gasteiger partial charge in [0.05, 0.1) is 11.8 Å². The summed E-state index contributed by atoms with van der Waals surface area (Å²) in [5, 5.41) is 3.45. The van der Waals surface area contributed by atoms with E-state index in [9.17, 15) is 4.79 Å². The number of furan rings is 1. The molecule has 0 aliphatic carbocycles. The zero-order valence-corrected chi connectivity index (χ0v) is 10.1. The number of benzene rings is 1. The summed E-state index contributed by atoms with van der Waals surface area (Å²) < 4.78 is 5.07. The van der Waals surface area contributed by atoms with Gasteiger partial charge in [0.1, 0.15) is 5.76 Å². The van der Waals surface area contributed by atoms with E-state index < -0.39 is 0 Å².